The van der Waals surface area contributed by atoms with Crippen LogP contribution in [0.3, 0.4) is 0 Å². The van der Waals surface area contributed by atoms with E-state index in [2.05, 4.69) is 16.5 Å². The van der Waals surface area contributed by atoms with Crippen molar-refractivity contribution in [2.75, 3.05) is 6.61 Å². The molecule has 1 aromatic rings. The summed E-state index contributed by atoms with van der Waals surface area (Å²) < 4.78 is 7.79. The van der Waals surface area contributed by atoms with Gasteiger partial charge >= 0.3 is 0 Å². The van der Waals surface area contributed by atoms with Gasteiger partial charge in [-0.25, -0.2) is 4.98 Å². The van der Waals surface area contributed by atoms with E-state index >= 15 is 0 Å². The van der Waals surface area contributed by atoms with Crippen LogP contribution in [0.4, 0.5) is 0 Å². The third-order valence-electron chi connectivity index (χ3n) is 3.49. The zero-order chi connectivity index (χ0) is 12.8. The van der Waals surface area contributed by atoms with Crippen LogP contribution in [-0.2, 0) is 17.7 Å². The van der Waals surface area contributed by atoms with Gasteiger partial charge in [-0.1, -0.05) is 6.92 Å². The van der Waals surface area contributed by atoms with E-state index in [0.29, 0.717) is 6.42 Å². The third kappa shape index (κ3) is 3.82. The molecule has 1 aliphatic heterocycles. The molecule has 4 nitrogen and oxygen atoms in total. The first-order valence-corrected chi connectivity index (χ1v) is 7.09. The molecule has 0 amide bonds. The zero-order valence-electron chi connectivity index (χ0n) is 11.2. The van der Waals surface area contributed by atoms with Crippen molar-refractivity contribution < 1.29 is 9.84 Å². The molecule has 1 aliphatic rings. The van der Waals surface area contributed by atoms with Crippen molar-refractivity contribution in [3.8, 4) is 0 Å². The second-order valence-corrected chi connectivity index (χ2v) is 5.12. The maximum absolute atomic E-state index is 10.1. The van der Waals surface area contributed by atoms with Gasteiger partial charge in [0, 0.05) is 32.0 Å². The normalized spacial score (nSPS) is 22.0. The summed E-state index contributed by atoms with van der Waals surface area (Å²) in [6.07, 6.45) is 9.62. The summed E-state index contributed by atoms with van der Waals surface area (Å²) in [4.78, 5) is 4.33. The van der Waals surface area contributed by atoms with Crippen LogP contribution in [0.15, 0.2) is 12.4 Å². The predicted octanol–water partition coefficient (Wildman–Crippen LogP) is 2.16. The standard InChI is InChI=1S/C14H24N2O2/c1-2-7-16-8-6-15-14(16)11-12(17)10-13-5-3-4-9-18-13/h6,8,12-13,17H,2-5,7,9-11H2,1H3. The molecule has 1 N–H and O–H groups in total. The van der Waals surface area contributed by atoms with Crippen LogP contribution in [0.25, 0.3) is 0 Å². The number of rotatable bonds is 6. The van der Waals surface area contributed by atoms with Crippen molar-refractivity contribution in [2.45, 2.75) is 64.2 Å². The van der Waals surface area contributed by atoms with Gasteiger partial charge in [-0.3, -0.25) is 0 Å². The average molecular weight is 252 g/mol. The Morgan fingerprint density at radius 2 is 2.44 bits per heavy atom. The molecule has 0 aromatic carbocycles. The molecule has 1 aromatic heterocycles. The number of aromatic nitrogens is 2. The number of ether oxygens (including phenoxy) is 1. The lowest BCUT2D eigenvalue weighted by atomic mass is 10.0. The molecule has 2 atom stereocenters. The Hall–Kier alpha value is -0.870. The molecular weight excluding hydrogens is 228 g/mol. The predicted molar refractivity (Wildman–Crippen MR) is 70.4 cm³/mol. The van der Waals surface area contributed by atoms with E-state index in [4.69, 9.17) is 4.74 Å². The van der Waals surface area contributed by atoms with Crippen LogP contribution in [0.2, 0.25) is 0 Å². The Balaban J connectivity index is 1.82. The number of imidazole rings is 1. The quantitative estimate of drug-likeness (QED) is 0.844. The van der Waals surface area contributed by atoms with Crippen molar-refractivity contribution >= 4 is 0 Å². The van der Waals surface area contributed by atoms with Crippen LogP contribution in [0.5, 0.6) is 0 Å². The van der Waals surface area contributed by atoms with Crippen molar-refractivity contribution in [3.05, 3.63) is 18.2 Å². The number of hydrogen-bond acceptors (Lipinski definition) is 3. The maximum atomic E-state index is 10.1. The molecule has 0 bridgehead atoms. The lowest BCUT2D eigenvalue weighted by molar-refractivity contribution is -0.0152. The van der Waals surface area contributed by atoms with Gasteiger partial charge in [-0.2, -0.15) is 0 Å². The molecule has 1 saturated heterocycles. The monoisotopic (exact) mass is 252 g/mol. The summed E-state index contributed by atoms with van der Waals surface area (Å²) in [5.41, 5.74) is 0. The van der Waals surface area contributed by atoms with Crippen LogP contribution in [0, 0.1) is 0 Å². The molecule has 2 heterocycles. The molecular formula is C14H24N2O2. The summed E-state index contributed by atoms with van der Waals surface area (Å²) in [7, 11) is 0. The highest BCUT2D eigenvalue weighted by Gasteiger charge is 2.19. The van der Waals surface area contributed by atoms with Gasteiger partial charge in [0.15, 0.2) is 0 Å². The first-order chi connectivity index (χ1) is 8.79. The zero-order valence-corrected chi connectivity index (χ0v) is 11.2. The number of aryl methyl sites for hydroxylation is 1. The van der Waals surface area contributed by atoms with Crippen molar-refractivity contribution in [1.29, 1.82) is 0 Å². The highest BCUT2D eigenvalue weighted by molar-refractivity contribution is 4.94. The summed E-state index contributed by atoms with van der Waals surface area (Å²) in [5, 5.41) is 10.1. The third-order valence-corrected chi connectivity index (χ3v) is 3.49. The van der Waals surface area contributed by atoms with Gasteiger partial charge in [0.25, 0.3) is 0 Å². The average Bonchev–Trinajstić information content (AvgIpc) is 2.78. The van der Waals surface area contributed by atoms with Gasteiger partial charge in [-0.15, -0.1) is 0 Å². The Morgan fingerprint density at radius 1 is 1.56 bits per heavy atom. The number of aliphatic hydroxyl groups is 1. The Bertz CT molecular complexity index is 345. The van der Waals surface area contributed by atoms with E-state index in [-0.39, 0.29) is 12.2 Å². The fourth-order valence-electron chi connectivity index (χ4n) is 2.57. The first kappa shape index (κ1) is 13.6. The number of nitrogens with zero attached hydrogens (tertiary/aromatic N) is 2. The molecule has 0 spiro atoms. The molecule has 1 fully saturated rings. The molecule has 2 unspecified atom stereocenters. The van der Waals surface area contributed by atoms with Gasteiger partial charge in [0.1, 0.15) is 5.82 Å². The van der Waals surface area contributed by atoms with Gasteiger partial charge in [0.05, 0.1) is 12.2 Å². The van der Waals surface area contributed by atoms with Gasteiger partial charge < -0.3 is 14.4 Å². The molecule has 4 heteroatoms. The fraction of sp³-hybridized carbons (Fsp3) is 0.786. The van der Waals surface area contributed by atoms with Gasteiger partial charge in [-0.05, 0) is 32.1 Å². The van der Waals surface area contributed by atoms with Crippen LogP contribution < -0.4 is 0 Å². The van der Waals surface area contributed by atoms with E-state index in [9.17, 15) is 5.11 Å². The molecule has 0 saturated carbocycles. The molecule has 0 radical (unpaired) electrons. The van der Waals surface area contributed by atoms with Crippen molar-refractivity contribution in [3.63, 3.8) is 0 Å². The van der Waals surface area contributed by atoms with Gasteiger partial charge in [0.2, 0.25) is 0 Å². The second-order valence-electron chi connectivity index (χ2n) is 5.12. The SMILES string of the molecule is CCCn1ccnc1CC(O)CC1CCCCO1. The van der Waals surface area contributed by atoms with Crippen molar-refractivity contribution in [2.24, 2.45) is 0 Å². The van der Waals surface area contributed by atoms with Crippen LogP contribution in [-0.4, -0.2) is 33.5 Å². The van der Waals surface area contributed by atoms with E-state index in [1.54, 1.807) is 0 Å². The Kier molecular flexibility index (Phi) is 5.20. The lowest BCUT2D eigenvalue weighted by Crippen LogP contribution is -2.26. The maximum Gasteiger partial charge on any atom is 0.111 e. The molecule has 0 aliphatic carbocycles. The van der Waals surface area contributed by atoms with Crippen LogP contribution >= 0.6 is 0 Å². The lowest BCUT2D eigenvalue weighted by Gasteiger charge is -2.24. The molecule has 2 rings (SSSR count). The molecule has 102 valence electrons. The minimum absolute atomic E-state index is 0.239. The topological polar surface area (TPSA) is 47.3 Å². The molecule has 18 heavy (non-hydrogen) atoms. The highest BCUT2D eigenvalue weighted by atomic mass is 16.5. The number of aliphatic hydroxyl groups excluding tert-OH is 1. The minimum atomic E-state index is -0.342. The van der Waals surface area contributed by atoms with E-state index in [0.717, 1.165) is 44.7 Å². The van der Waals surface area contributed by atoms with E-state index in [1.165, 1.54) is 6.42 Å². The summed E-state index contributed by atoms with van der Waals surface area (Å²) in [5.74, 6) is 0.986. The smallest absolute Gasteiger partial charge is 0.111 e. The Morgan fingerprint density at radius 3 is 3.17 bits per heavy atom. The largest absolute Gasteiger partial charge is 0.393 e. The van der Waals surface area contributed by atoms with Crippen molar-refractivity contribution in [1.82, 2.24) is 9.55 Å². The first-order valence-electron chi connectivity index (χ1n) is 7.09. The van der Waals surface area contributed by atoms with Crippen LogP contribution in [0.1, 0.15) is 44.9 Å². The van der Waals surface area contributed by atoms with E-state index < -0.39 is 0 Å². The van der Waals surface area contributed by atoms with E-state index in [1.807, 2.05) is 12.4 Å². The fourth-order valence-corrected chi connectivity index (χ4v) is 2.57. The number of hydrogen-bond donors (Lipinski definition) is 1. The summed E-state index contributed by atoms with van der Waals surface area (Å²) in [6, 6.07) is 0. The Labute approximate surface area is 109 Å². The summed E-state index contributed by atoms with van der Waals surface area (Å²) >= 11 is 0. The summed E-state index contributed by atoms with van der Waals surface area (Å²) in [6.45, 7) is 3.97. The highest BCUT2D eigenvalue weighted by Crippen LogP contribution is 2.18. The second kappa shape index (κ2) is 6.90. The minimum Gasteiger partial charge on any atom is -0.393 e.